The second kappa shape index (κ2) is 6.23. The van der Waals surface area contributed by atoms with Crippen molar-refractivity contribution in [2.24, 2.45) is 5.73 Å². The lowest BCUT2D eigenvalue weighted by Crippen LogP contribution is -2.35. The summed E-state index contributed by atoms with van der Waals surface area (Å²) >= 11 is 0. The molecule has 3 N–H and O–H groups in total. The highest BCUT2D eigenvalue weighted by Gasteiger charge is 2.12. The number of anilines is 1. The molecule has 0 bridgehead atoms. The van der Waals surface area contributed by atoms with Crippen LogP contribution in [0, 0.1) is 6.92 Å². The van der Waals surface area contributed by atoms with E-state index in [-0.39, 0.29) is 5.91 Å². The molecule has 0 saturated heterocycles. The number of amides is 1. The molecular weight excluding hydrogens is 202 g/mol. The van der Waals surface area contributed by atoms with E-state index in [0.29, 0.717) is 12.2 Å². The summed E-state index contributed by atoms with van der Waals surface area (Å²) in [4.78, 5) is 15.8. The normalized spacial score (nSPS) is 12.2. The van der Waals surface area contributed by atoms with Gasteiger partial charge >= 0.3 is 0 Å². The molecule has 1 aromatic rings. The van der Waals surface area contributed by atoms with Crippen LogP contribution in [0.3, 0.4) is 0 Å². The Kier molecular flexibility index (Phi) is 4.92. The molecule has 0 spiro atoms. The highest BCUT2D eigenvalue weighted by Crippen LogP contribution is 2.06. The van der Waals surface area contributed by atoms with Gasteiger partial charge in [0.25, 0.3) is 0 Å². The number of pyridine rings is 1. The summed E-state index contributed by atoms with van der Waals surface area (Å²) in [7, 11) is 0. The van der Waals surface area contributed by atoms with E-state index in [1.54, 1.807) is 6.07 Å². The van der Waals surface area contributed by atoms with E-state index in [9.17, 15) is 4.79 Å². The van der Waals surface area contributed by atoms with Gasteiger partial charge in [0.2, 0.25) is 5.91 Å². The van der Waals surface area contributed by atoms with E-state index < -0.39 is 6.04 Å². The predicted octanol–water partition coefficient (Wildman–Crippen LogP) is 1.85. The molecule has 1 aromatic heterocycles. The first-order valence-electron chi connectivity index (χ1n) is 5.63. The molecule has 4 nitrogen and oxygen atoms in total. The molecule has 0 radical (unpaired) electrons. The molecular formula is C12H19N3O. The first-order valence-corrected chi connectivity index (χ1v) is 5.63. The minimum Gasteiger partial charge on any atom is -0.320 e. The van der Waals surface area contributed by atoms with Crippen molar-refractivity contribution in [1.29, 1.82) is 0 Å². The Hall–Kier alpha value is -1.42. The quantitative estimate of drug-likeness (QED) is 0.797. The van der Waals surface area contributed by atoms with Gasteiger partial charge in [-0.2, -0.15) is 0 Å². The summed E-state index contributed by atoms with van der Waals surface area (Å²) in [6, 6.07) is 5.06. The molecule has 88 valence electrons. The van der Waals surface area contributed by atoms with E-state index in [1.165, 1.54) is 0 Å². The van der Waals surface area contributed by atoms with Crippen LogP contribution < -0.4 is 11.1 Å². The van der Waals surface area contributed by atoms with Crippen LogP contribution in [0.2, 0.25) is 0 Å². The number of nitrogens with one attached hydrogen (secondary N) is 1. The molecule has 0 saturated carbocycles. The van der Waals surface area contributed by atoms with E-state index in [1.807, 2.05) is 19.1 Å². The molecule has 0 aliphatic carbocycles. The van der Waals surface area contributed by atoms with Gasteiger partial charge in [0.15, 0.2) is 0 Å². The van der Waals surface area contributed by atoms with Gasteiger partial charge < -0.3 is 11.1 Å². The average Bonchev–Trinajstić information content (AvgIpc) is 2.25. The predicted molar refractivity (Wildman–Crippen MR) is 65.1 cm³/mol. The fraction of sp³-hybridized carbons (Fsp3) is 0.500. The molecule has 4 heteroatoms. The number of unbranched alkanes of at least 4 members (excludes halogenated alkanes) is 1. The fourth-order valence-electron chi connectivity index (χ4n) is 1.39. The summed E-state index contributed by atoms with van der Waals surface area (Å²) in [5, 5.41) is 2.72. The van der Waals surface area contributed by atoms with Gasteiger partial charge in [-0.25, -0.2) is 4.98 Å². The van der Waals surface area contributed by atoms with Gasteiger partial charge in [-0.1, -0.05) is 25.8 Å². The lowest BCUT2D eigenvalue weighted by molar-refractivity contribution is -0.117. The highest BCUT2D eigenvalue weighted by atomic mass is 16.2. The molecule has 0 aliphatic rings. The Bertz CT molecular complexity index is 352. The van der Waals surface area contributed by atoms with Crippen molar-refractivity contribution >= 4 is 11.7 Å². The van der Waals surface area contributed by atoms with Gasteiger partial charge in [-0.05, 0) is 25.5 Å². The number of aromatic nitrogens is 1. The summed E-state index contributed by atoms with van der Waals surface area (Å²) in [5.41, 5.74) is 6.62. The topological polar surface area (TPSA) is 68.0 Å². The van der Waals surface area contributed by atoms with Gasteiger partial charge in [0.05, 0.1) is 6.04 Å². The van der Waals surface area contributed by atoms with Crippen LogP contribution in [0.5, 0.6) is 0 Å². The van der Waals surface area contributed by atoms with Crippen molar-refractivity contribution in [3.63, 3.8) is 0 Å². The molecule has 1 atom stereocenters. The van der Waals surface area contributed by atoms with Crippen LogP contribution in [-0.2, 0) is 4.79 Å². The molecule has 16 heavy (non-hydrogen) atoms. The van der Waals surface area contributed by atoms with Crippen molar-refractivity contribution in [1.82, 2.24) is 4.98 Å². The third-order valence-electron chi connectivity index (χ3n) is 2.35. The summed E-state index contributed by atoms with van der Waals surface area (Å²) in [6.45, 7) is 3.96. The van der Waals surface area contributed by atoms with Crippen molar-refractivity contribution < 1.29 is 4.79 Å². The van der Waals surface area contributed by atoms with Crippen LogP contribution in [-0.4, -0.2) is 16.9 Å². The first-order chi connectivity index (χ1) is 7.63. The number of carbonyl (C=O) groups is 1. The van der Waals surface area contributed by atoms with Gasteiger partial charge in [-0.15, -0.1) is 0 Å². The second-order valence-electron chi connectivity index (χ2n) is 3.90. The summed E-state index contributed by atoms with van der Waals surface area (Å²) < 4.78 is 0. The molecule has 0 unspecified atom stereocenters. The minimum absolute atomic E-state index is 0.161. The highest BCUT2D eigenvalue weighted by molar-refractivity contribution is 5.93. The zero-order valence-electron chi connectivity index (χ0n) is 9.86. The van der Waals surface area contributed by atoms with E-state index in [4.69, 9.17) is 5.73 Å². The van der Waals surface area contributed by atoms with Crippen molar-refractivity contribution in [2.45, 2.75) is 39.2 Å². The first kappa shape index (κ1) is 12.6. The molecule has 1 heterocycles. The third-order valence-corrected chi connectivity index (χ3v) is 2.35. The van der Waals surface area contributed by atoms with E-state index in [0.717, 1.165) is 18.5 Å². The third kappa shape index (κ3) is 3.98. The Morgan fingerprint density at radius 2 is 2.31 bits per heavy atom. The van der Waals surface area contributed by atoms with Crippen LogP contribution in [0.25, 0.3) is 0 Å². The Morgan fingerprint density at radius 1 is 1.56 bits per heavy atom. The maximum Gasteiger partial charge on any atom is 0.242 e. The zero-order chi connectivity index (χ0) is 12.0. The number of aryl methyl sites for hydroxylation is 1. The van der Waals surface area contributed by atoms with E-state index in [2.05, 4.69) is 17.2 Å². The Labute approximate surface area is 96.3 Å². The smallest absolute Gasteiger partial charge is 0.242 e. The number of nitrogens with zero attached hydrogens (tertiary/aromatic N) is 1. The van der Waals surface area contributed by atoms with Gasteiger partial charge in [0, 0.05) is 5.69 Å². The standard InChI is InChI=1S/C12H19N3O/c1-3-4-7-10(13)12(16)15-11-8-5-6-9(2)14-11/h5-6,8,10H,3-4,7,13H2,1-2H3,(H,14,15,16)/t10-/m0/s1. The fourth-order valence-corrected chi connectivity index (χ4v) is 1.39. The molecule has 1 rings (SSSR count). The van der Waals surface area contributed by atoms with Crippen LogP contribution >= 0.6 is 0 Å². The number of hydrogen-bond donors (Lipinski definition) is 2. The number of rotatable bonds is 5. The lowest BCUT2D eigenvalue weighted by Gasteiger charge is -2.11. The number of nitrogens with two attached hydrogens (primary N) is 1. The molecule has 0 aromatic carbocycles. The van der Waals surface area contributed by atoms with Gasteiger partial charge in [0.1, 0.15) is 5.82 Å². The van der Waals surface area contributed by atoms with Gasteiger partial charge in [-0.3, -0.25) is 4.79 Å². The van der Waals surface area contributed by atoms with Crippen LogP contribution in [0.1, 0.15) is 31.9 Å². The number of carbonyl (C=O) groups excluding carboxylic acids is 1. The Balaban J connectivity index is 2.50. The summed E-state index contributed by atoms with van der Waals surface area (Å²) in [5.74, 6) is 0.406. The average molecular weight is 221 g/mol. The molecule has 0 fully saturated rings. The Morgan fingerprint density at radius 3 is 2.94 bits per heavy atom. The summed E-state index contributed by atoms with van der Waals surface area (Å²) in [6.07, 6.45) is 2.73. The molecule has 0 aliphatic heterocycles. The maximum atomic E-state index is 11.7. The van der Waals surface area contributed by atoms with Crippen molar-refractivity contribution in [3.05, 3.63) is 23.9 Å². The van der Waals surface area contributed by atoms with E-state index >= 15 is 0 Å². The second-order valence-corrected chi connectivity index (χ2v) is 3.90. The largest absolute Gasteiger partial charge is 0.320 e. The van der Waals surface area contributed by atoms with Crippen LogP contribution in [0.15, 0.2) is 18.2 Å². The van der Waals surface area contributed by atoms with Crippen LogP contribution in [0.4, 0.5) is 5.82 Å². The monoisotopic (exact) mass is 221 g/mol. The SMILES string of the molecule is CCCC[C@H](N)C(=O)Nc1cccc(C)n1. The van der Waals surface area contributed by atoms with Crippen molar-refractivity contribution in [2.75, 3.05) is 5.32 Å². The maximum absolute atomic E-state index is 11.7. The molecule has 1 amide bonds. The zero-order valence-corrected chi connectivity index (χ0v) is 9.86. The minimum atomic E-state index is -0.442. The van der Waals surface area contributed by atoms with Crippen molar-refractivity contribution in [3.8, 4) is 0 Å². The number of hydrogen-bond acceptors (Lipinski definition) is 3. The lowest BCUT2D eigenvalue weighted by atomic mass is 10.1.